The lowest BCUT2D eigenvalue weighted by Gasteiger charge is -2.11. The normalized spacial score (nSPS) is 10.6. The van der Waals surface area contributed by atoms with Gasteiger partial charge in [0.25, 0.3) is 5.56 Å². The summed E-state index contributed by atoms with van der Waals surface area (Å²) >= 11 is 0. The van der Waals surface area contributed by atoms with Crippen LogP contribution in [0.15, 0.2) is 96.1 Å². The number of rotatable bonds is 7. The van der Waals surface area contributed by atoms with Crippen LogP contribution in [0.25, 0.3) is 22.4 Å². The summed E-state index contributed by atoms with van der Waals surface area (Å²) in [7, 11) is 0. The van der Waals surface area contributed by atoms with Gasteiger partial charge in [-0.05, 0) is 36.2 Å². The molecule has 2 aromatic carbocycles. The summed E-state index contributed by atoms with van der Waals surface area (Å²) in [6, 6.07) is 24.5. The molecule has 2 aromatic heterocycles. The van der Waals surface area contributed by atoms with Gasteiger partial charge in [-0.2, -0.15) is 5.10 Å². The van der Waals surface area contributed by atoms with Gasteiger partial charge in [0.1, 0.15) is 0 Å². The van der Waals surface area contributed by atoms with Crippen molar-refractivity contribution in [1.82, 2.24) is 14.8 Å². The van der Waals surface area contributed by atoms with E-state index in [1.807, 2.05) is 66.7 Å². The third-order valence-electron chi connectivity index (χ3n) is 4.90. The van der Waals surface area contributed by atoms with Crippen LogP contribution in [-0.4, -0.2) is 20.7 Å². The van der Waals surface area contributed by atoms with Crippen molar-refractivity contribution in [2.45, 2.75) is 19.4 Å². The monoisotopic (exact) mass is 410 g/mol. The number of hydrogen-bond donors (Lipinski definition) is 1. The quantitative estimate of drug-likeness (QED) is 0.490. The molecule has 4 aromatic rings. The number of nitrogens with zero attached hydrogens (tertiary/aromatic N) is 3. The van der Waals surface area contributed by atoms with Crippen molar-refractivity contribution in [3.05, 3.63) is 102 Å². The molecule has 0 aliphatic heterocycles. The second kappa shape index (κ2) is 9.63. The molecule has 1 amide bonds. The van der Waals surface area contributed by atoms with E-state index in [0.717, 1.165) is 22.4 Å². The Bertz CT molecular complexity index is 1220. The van der Waals surface area contributed by atoms with E-state index in [-0.39, 0.29) is 17.9 Å². The summed E-state index contributed by atoms with van der Waals surface area (Å²) in [5, 5.41) is 7.42. The van der Waals surface area contributed by atoms with Gasteiger partial charge in [0.15, 0.2) is 0 Å². The van der Waals surface area contributed by atoms with E-state index in [1.165, 1.54) is 10.7 Å². The van der Waals surface area contributed by atoms with Crippen LogP contribution in [0.2, 0.25) is 0 Å². The first-order valence-electron chi connectivity index (χ1n) is 10.1. The highest BCUT2D eigenvalue weighted by atomic mass is 16.1. The van der Waals surface area contributed by atoms with Gasteiger partial charge in [-0.15, -0.1) is 0 Å². The van der Waals surface area contributed by atoms with Gasteiger partial charge in [-0.25, -0.2) is 4.68 Å². The Kier molecular flexibility index (Phi) is 6.28. The maximum Gasteiger partial charge on any atom is 0.266 e. The SMILES string of the molecule is O=C(CCCn1nc(-c2ccncc2)ccc1=O)Nc1ccccc1-c1ccccc1. The molecule has 0 saturated heterocycles. The molecule has 0 atom stereocenters. The Morgan fingerprint density at radius 3 is 2.39 bits per heavy atom. The molecule has 1 N–H and O–H groups in total. The van der Waals surface area contributed by atoms with E-state index in [9.17, 15) is 9.59 Å². The summed E-state index contributed by atoms with van der Waals surface area (Å²) < 4.78 is 1.40. The molecular weight excluding hydrogens is 388 g/mol. The van der Waals surface area contributed by atoms with Crippen LogP contribution >= 0.6 is 0 Å². The third-order valence-corrected chi connectivity index (χ3v) is 4.90. The van der Waals surface area contributed by atoms with Crippen LogP contribution in [0, 0.1) is 0 Å². The number of hydrogen-bond acceptors (Lipinski definition) is 4. The molecule has 0 fully saturated rings. The molecule has 0 aliphatic rings. The number of amides is 1. The van der Waals surface area contributed by atoms with Crippen LogP contribution in [0.5, 0.6) is 0 Å². The van der Waals surface area contributed by atoms with E-state index in [0.29, 0.717) is 18.7 Å². The predicted octanol–water partition coefficient (Wildman–Crippen LogP) is 4.39. The van der Waals surface area contributed by atoms with E-state index in [1.54, 1.807) is 18.5 Å². The topological polar surface area (TPSA) is 76.9 Å². The minimum Gasteiger partial charge on any atom is -0.326 e. The average Bonchev–Trinajstić information content (AvgIpc) is 2.82. The van der Waals surface area contributed by atoms with Gasteiger partial charge in [0.05, 0.1) is 5.69 Å². The molecule has 0 aliphatic carbocycles. The van der Waals surface area contributed by atoms with Crippen molar-refractivity contribution in [3.63, 3.8) is 0 Å². The number of para-hydroxylation sites is 1. The highest BCUT2D eigenvalue weighted by Gasteiger charge is 2.09. The zero-order valence-electron chi connectivity index (χ0n) is 16.9. The summed E-state index contributed by atoms with van der Waals surface area (Å²) in [6.07, 6.45) is 4.16. The molecule has 0 unspecified atom stereocenters. The van der Waals surface area contributed by atoms with Crippen molar-refractivity contribution in [3.8, 4) is 22.4 Å². The smallest absolute Gasteiger partial charge is 0.266 e. The Morgan fingerprint density at radius 2 is 1.58 bits per heavy atom. The molecular formula is C25H22N4O2. The zero-order valence-corrected chi connectivity index (χ0v) is 16.9. The second-order valence-electron chi connectivity index (χ2n) is 7.08. The van der Waals surface area contributed by atoms with Crippen LogP contribution in [0.1, 0.15) is 12.8 Å². The van der Waals surface area contributed by atoms with Gasteiger partial charge in [0, 0.05) is 48.2 Å². The first-order chi connectivity index (χ1) is 15.2. The fraction of sp³-hybridized carbons (Fsp3) is 0.120. The van der Waals surface area contributed by atoms with Crippen molar-refractivity contribution in [2.75, 3.05) is 5.32 Å². The van der Waals surface area contributed by atoms with Crippen LogP contribution in [0.3, 0.4) is 0 Å². The molecule has 0 radical (unpaired) electrons. The maximum atomic E-state index is 12.5. The highest BCUT2D eigenvalue weighted by molar-refractivity contribution is 5.95. The minimum atomic E-state index is -0.187. The Morgan fingerprint density at radius 1 is 0.839 bits per heavy atom. The van der Waals surface area contributed by atoms with Gasteiger partial charge in [0.2, 0.25) is 5.91 Å². The van der Waals surface area contributed by atoms with Crippen molar-refractivity contribution in [1.29, 1.82) is 0 Å². The number of nitrogens with one attached hydrogen (secondary N) is 1. The summed E-state index contributed by atoms with van der Waals surface area (Å²) in [5.41, 5.74) is 4.19. The predicted molar refractivity (Wildman–Crippen MR) is 121 cm³/mol. The summed E-state index contributed by atoms with van der Waals surface area (Å²) in [5.74, 6) is -0.0956. The maximum absolute atomic E-state index is 12.5. The van der Waals surface area contributed by atoms with E-state index in [2.05, 4.69) is 15.4 Å². The number of carbonyl (C=O) groups is 1. The van der Waals surface area contributed by atoms with Crippen molar-refractivity contribution in [2.24, 2.45) is 0 Å². The molecule has 0 saturated carbocycles. The summed E-state index contributed by atoms with van der Waals surface area (Å²) in [4.78, 5) is 28.7. The van der Waals surface area contributed by atoms with Gasteiger partial charge in [-0.1, -0.05) is 48.5 Å². The first kappa shape index (κ1) is 20.2. The Balaban J connectivity index is 1.39. The fourth-order valence-electron chi connectivity index (χ4n) is 3.35. The zero-order chi connectivity index (χ0) is 21.5. The number of benzene rings is 2. The van der Waals surface area contributed by atoms with Crippen LogP contribution < -0.4 is 10.9 Å². The lowest BCUT2D eigenvalue weighted by Crippen LogP contribution is -2.23. The molecule has 2 heterocycles. The third kappa shape index (κ3) is 5.11. The number of pyridine rings is 1. The second-order valence-corrected chi connectivity index (χ2v) is 7.08. The van der Waals surface area contributed by atoms with E-state index < -0.39 is 0 Å². The molecule has 0 bridgehead atoms. The summed E-state index contributed by atoms with van der Waals surface area (Å²) in [6.45, 7) is 0.367. The minimum absolute atomic E-state index is 0.0956. The fourth-order valence-corrected chi connectivity index (χ4v) is 3.35. The van der Waals surface area contributed by atoms with Crippen molar-refractivity contribution < 1.29 is 4.79 Å². The number of aromatic nitrogens is 3. The highest BCUT2D eigenvalue weighted by Crippen LogP contribution is 2.27. The number of carbonyl (C=O) groups excluding carboxylic acids is 1. The van der Waals surface area contributed by atoms with Gasteiger partial charge in [-0.3, -0.25) is 14.6 Å². The van der Waals surface area contributed by atoms with Crippen LogP contribution in [-0.2, 0) is 11.3 Å². The molecule has 0 spiro atoms. The average molecular weight is 410 g/mol. The lowest BCUT2D eigenvalue weighted by atomic mass is 10.0. The molecule has 4 rings (SSSR count). The molecule has 31 heavy (non-hydrogen) atoms. The van der Waals surface area contributed by atoms with Crippen LogP contribution in [0.4, 0.5) is 5.69 Å². The molecule has 6 heteroatoms. The lowest BCUT2D eigenvalue weighted by molar-refractivity contribution is -0.116. The Labute approximate surface area is 180 Å². The van der Waals surface area contributed by atoms with E-state index in [4.69, 9.17) is 0 Å². The van der Waals surface area contributed by atoms with Crippen molar-refractivity contribution >= 4 is 11.6 Å². The van der Waals surface area contributed by atoms with E-state index >= 15 is 0 Å². The number of aryl methyl sites for hydroxylation is 1. The molecule has 154 valence electrons. The number of anilines is 1. The molecule has 6 nitrogen and oxygen atoms in total. The largest absolute Gasteiger partial charge is 0.326 e. The van der Waals surface area contributed by atoms with Gasteiger partial charge < -0.3 is 5.32 Å². The first-order valence-corrected chi connectivity index (χ1v) is 10.1. The standard InChI is InChI=1S/C25H22N4O2/c30-24(27-23-10-5-4-9-21(23)19-7-2-1-3-8-19)11-6-18-29-25(31)13-12-22(28-29)20-14-16-26-17-15-20/h1-5,7-10,12-17H,6,11,18H2,(H,27,30). The van der Waals surface area contributed by atoms with Gasteiger partial charge >= 0.3 is 0 Å². The Hall–Kier alpha value is -4.06.